The Morgan fingerprint density at radius 1 is 0.971 bits per heavy atom. The van der Waals surface area contributed by atoms with Gasteiger partial charge in [-0.3, -0.25) is 10.1 Å². The van der Waals surface area contributed by atoms with E-state index in [2.05, 4.69) is 17.6 Å². The van der Waals surface area contributed by atoms with Crippen LogP contribution in [0.15, 0.2) is 53.4 Å². The molecule has 2 aromatic rings. The highest BCUT2D eigenvalue weighted by atomic mass is 32.2. The molecule has 35 heavy (non-hydrogen) atoms. The maximum atomic E-state index is 12.9. The number of hydrogen-bond donors (Lipinski definition) is 2. The smallest absolute Gasteiger partial charge is 0.261 e. The van der Waals surface area contributed by atoms with Crippen LogP contribution >= 0.6 is 12.2 Å². The zero-order valence-electron chi connectivity index (χ0n) is 20.3. The van der Waals surface area contributed by atoms with Gasteiger partial charge in [0.25, 0.3) is 5.91 Å². The molecule has 1 fully saturated rings. The van der Waals surface area contributed by atoms with Crippen molar-refractivity contribution < 1.29 is 17.9 Å². The van der Waals surface area contributed by atoms with Gasteiger partial charge in [-0.15, -0.1) is 0 Å². The first-order valence-corrected chi connectivity index (χ1v) is 14.2. The average Bonchev–Trinajstić information content (AvgIpc) is 3.15. The van der Waals surface area contributed by atoms with Crippen LogP contribution in [0.1, 0.15) is 68.6 Å². The van der Waals surface area contributed by atoms with E-state index in [1.807, 2.05) is 6.07 Å². The SMILES string of the molecule is CCCCCCOc1ccccc1C(=O)NC(=S)Nc1ccc(S(=O)(=O)N2CCCCCC2)cc1. The molecule has 1 saturated heterocycles. The van der Waals surface area contributed by atoms with Crippen LogP contribution in [0.3, 0.4) is 0 Å². The number of benzene rings is 2. The summed E-state index contributed by atoms with van der Waals surface area (Å²) >= 11 is 5.30. The van der Waals surface area contributed by atoms with E-state index in [4.69, 9.17) is 17.0 Å². The zero-order chi connectivity index (χ0) is 25.1. The quantitative estimate of drug-likeness (QED) is 0.327. The fourth-order valence-corrected chi connectivity index (χ4v) is 5.69. The fourth-order valence-electron chi connectivity index (χ4n) is 3.97. The average molecular weight is 518 g/mol. The number of ether oxygens (including phenoxy) is 1. The standard InChI is InChI=1S/C26H35N3O4S2/c1-2-3-4-11-20-33-24-13-8-7-12-23(24)25(30)28-26(34)27-21-14-16-22(17-15-21)35(31,32)29-18-9-5-6-10-19-29/h7-8,12-17H,2-6,9-11,18-20H2,1H3,(H2,27,28,30,34). The Labute approximate surface area is 214 Å². The molecule has 9 heteroatoms. The summed E-state index contributed by atoms with van der Waals surface area (Å²) in [6.45, 7) is 3.83. The minimum atomic E-state index is -3.51. The molecule has 1 aliphatic rings. The largest absolute Gasteiger partial charge is 0.493 e. The number of hydrogen-bond acceptors (Lipinski definition) is 5. The number of thiocarbonyl (C=S) groups is 1. The molecule has 3 rings (SSSR count). The molecule has 190 valence electrons. The zero-order valence-corrected chi connectivity index (χ0v) is 21.9. The molecule has 0 spiro atoms. The molecule has 1 aliphatic heterocycles. The Balaban J connectivity index is 1.56. The fraction of sp³-hybridized carbons (Fsp3) is 0.462. The lowest BCUT2D eigenvalue weighted by molar-refractivity contribution is 0.0973. The summed E-state index contributed by atoms with van der Waals surface area (Å²) in [7, 11) is -3.51. The molecule has 0 saturated carbocycles. The van der Waals surface area contributed by atoms with Gasteiger partial charge in [-0.2, -0.15) is 4.31 Å². The van der Waals surface area contributed by atoms with Gasteiger partial charge in [0.2, 0.25) is 10.0 Å². The molecule has 7 nitrogen and oxygen atoms in total. The molecule has 1 amide bonds. The number of rotatable bonds is 10. The Hall–Kier alpha value is -2.49. The molecular formula is C26H35N3O4S2. The van der Waals surface area contributed by atoms with Gasteiger partial charge < -0.3 is 10.1 Å². The predicted octanol–water partition coefficient (Wildman–Crippen LogP) is 5.34. The predicted molar refractivity (Wildman–Crippen MR) is 143 cm³/mol. The summed E-state index contributed by atoms with van der Waals surface area (Å²) in [6.07, 6.45) is 8.25. The van der Waals surface area contributed by atoms with E-state index in [0.29, 0.717) is 36.7 Å². The Kier molecular flexibility index (Phi) is 10.5. The van der Waals surface area contributed by atoms with Crippen molar-refractivity contribution in [3.63, 3.8) is 0 Å². The number of unbranched alkanes of at least 4 members (excludes halogenated alkanes) is 3. The number of carbonyl (C=O) groups is 1. The maximum absolute atomic E-state index is 12.9. The van der Waals surface area contributed by atoms with Gasteiger partial charge in [0.1, 0.15) is 5.75 Å². The summed E-state index contributed by atoms with van der Waals surface area (Å²) in [5.41, 5.74) is 0.997. The first kappa shape index (κ1) is 27.1. The van der Waals surface area contributed by atoms with Crippen LogP contribution in [0.4, 0.5) is 5.69 Å². The van der Waals surface area contributed by atoms with E-state index in [1.54, 1.807) is 46.8 Å². The van der Waals surface area contributed by atoms with Gasteiger partial charge in [0.05, 0.1) is 17.1 Å². The second-order valence-corrected chi connectivity index (χ2v) is 11.0. The Morgan fingerprint density at radius 3 is 2.34 bits per heavy atom. The van der Waals surface area contributed by atoms with Gasteiger partial charge in [-0.25, -0.2) is 8.42 Å². The van der Waals surface area contributed by atoms with E-state index in [-0.39, 0.29) is 15.9 Å². The minimum absolute atomic E-state index is 0.121. The summed E-state index contributed by atoms with van der Waals surface area (Å²) in [5, 5.41) is 5.74. The lowest BCUT2D eigenvalue weighted by Gasteiger charge is -2.20. The summed E-state index contributed by atoms with van der Waals surface area (Å²) in [4.78, 5) is 13.0. The van der Waals surface area contributed by atoms with Crippen molar-refractivity contribution in [3.05, 3.63) is 54.1 Å². The van der Waals surface area contributed by atoms with Crippen LogP contribution in [-0.2, 0) is 10.0 Å². The molecule has 0 atom stereocenters. The van der Waals surface area contributed by atoms with Crippen molar-refractivity contribution in [1.29, 1.82) is 0 Å². The normalized spacial score (nSPS) is 14.7. The summed E-state index contributed by atoms with van der Waals surface area (Å²) in [6, 6.07) is 13.5. The Bertz CT molecular complexity index is 1080. The van der Waals surface area contributed by atoms with E-state index in [9.17, 15) is 13.2 Å². The number of nitrogens with zero attached hydrogens (tertiary/aromatic N) is 1. The van der Waals surface area contributed by atoms with Crippen LogP contribution in [-0.4, -0.2) is 43.4 Å². The third-order valence-corrected chi connectivity index (χ3v) is 8.05. The molecule has 2 N–H and O–H groups in total. The number of amides is 1. The second-order valence-electron chi connectivity index (χ2n) is 8.66. The lowest BCUT2D eigenvalue weighted by atomic mass is 10.2. The van der Waals surface area contributed by atoms with E-state index in [1.165, 1.54) is 0 Å². The molecule has 0 bridgehead atoms. The van der Waals surface area contributed by atoms with Crippen molar-refractivity contribution in [2.75, 3.05) is 25.0 Å². The molecule has 2 aromatic carbocycles. The van der Waals surface area contributed by atoms with Crippen molar-refractivity contribution >= 4 is 38.9 Å². The summed E-state index contributed by atoms with van der Waals surface area (Å²) < 4.78 is 33.3. The Morgan fingerprint density at radius 2 is 1.66 bits per heavy atom. The number of sulfonamides is 1. The molecular weight excluding hydrogens is 482 g/mol. The highest BCUT2D eigenvalue weighted by molar-refractivity contribution is 7.89. The number of nitrogens with one attached hydrogen (secondary N) is 2. The van der Waals surface area contributed by atoms with Gasteiger partial charge >= 0.3 is 0 Å². The van der Waals surface area contributed by atoms with Gasteiger partial charge in [0.15, 0.2) is 5.11 Å². The van der Waals surface area contributed by atoms with Crippen molar-refractivity contribution in [2.24, 2.45) is 0 Å². The molecule has 1 heterocycles. The van der Waals surface area contributed by atoms with E-state index < -0.39 is 10.0 Å². The van der Waals surface area contributed by atoms with Crippen molar-refractivity contribution in [1.82, 2.24) is 9.62 Å². The molecule has 0 unspecified atom stereocenters. The van der Waals surface area contributed by atoms with Crippen LogP contribution in [0.2, 0.25) is 0 Å². The van der Waals surface area contributed by atoms with Crippen LogP contribution in [0, 0.1) is 0 Å². The second kappa shape index (κ2) is 13.6. The van der Waals surface area contributed by atoms with Gasteiger partial charge in [-0.05, 0) is 67.9 Å². The number of para-hydroxylation sites is 1. The summed E-state index contributed by atoms with van der Waals surface area (Å²) in [5.74, 6) is 0.152. The third-order valence-electron chi connectivity index (χ3n) is 5.93. The maximum Gasteiger partial charge on any atom is 0.261 e. The third kappa shape index (κ3) is 8.02. The van der Waals surface area contributed by atoms with E-state index in [0.717, 1.165) is 51.4 Å². The number of carbonyl (C=O) groups excluding carboxylic acids is 1. The first-order chi connectivity index (χ1) is 16.9. The van der Waals surface area contributed by atoms with Crippen molar-refractivity contribution in [2.45, 2.75) is 63.2 Å². The van der Waals surface area contributed by atoms with Gasteiger partial charge in [0, 0.05) is 18.8 Å². The first-order valence-electron chi connectivity index (χ1n) is 12.4. The highest BCUT2D eigenvalue weighted by Crippen LogP contribution is 2.22. The van der Waals surface area contributed by atoms with Crippen LogP contribution in [0.25, 0.3) is 0 Å². The van der Waals surface area contributed by atoms with Crippen LogP contribution < -0.4 is 15.4 Å². The molecule has 0 aliphatic carbocycles. The monoisotopic (exact) mass is 517 g/mol. The lowest BCUT2D eigenvalue weighted by Crippen LogP contribution is -2.34. The molecule has 0 radical (unpaired) electrons. The molecule has 0 aromatic heterocycles. The topological polar surface area (TPSA) is 87.7 Å². The number of anilines is 1. The highest BCUT2D eigenvalue weighted by Gasteiger charge is 2.25. The minimum Gasteiger partial charge on any atom is -0.493 e. The van der Waals surface area contributed by atoms with E-state index >= 15 is 0 Å². The van der Waals surface area contributed by atoms with Crippen molar-refractivity contribution in [3.8, 4) is 5.75 Å². The van der Waals surface area contributed by atoms with Crippen LogP contribution in [0.5, 0.6) is 5.75 Å². The van der Waals surface area contributed by atoms with Gasteiger partial charge in [-0.1, -0.05) is 51.2 Å².